The van der Waals surface area contributed by atoms with Crippen LogP contribution in [0.1, 0.15) is 12.0 Å². The van der Waals surface area contributed by atoms with Crippen LogP contribution in [0.5, 0.6) is 0 Å². The van der Waals surface area contributed by atoms with E-state index in [1.165, 1.54) is 5.56 Å². The largest absolute Gasteiger partial charge is 0.338 e. The molecule has 16 heavy (non-hydrogen) atoms. The minimum absolute atomic E-state index is 0.00201. The number of hydrogen-bond donors (Lipinski definition) is 2. The van der Waals surface area contributed by atoms with E-state index in [0.717, 1.165) is 31.6 Å². The van der Waals surface area contributed by atoms with E-state index in [2.05, 4.69) is 5.32 Å². The van der Waals surface area contributed by atoms with E-state index in [-0.39, 0.29) is 6.03 Å². The fraction of sp³-hybridized carbons (Fsp3) is 0.417. The summed E-state index contributed by atoms with van der Waals surface area (Å²) >= 11 is 0. The molecule has 2 amide bonds. The number of nitrogens with two attached hydrogens (primary N) is 1. The number of benzene rings is 1. The molecule has 1 aliphatic rings. The Kier molecular flexibility index (Phi) is 3.41. The Labute approximate surface area is 95.4 Å². The molecule has 0 aliphatic carbocycles. The van der Waals surface area contributed by atoms with Gasteiger partial charge in [0.25, 0.3) is 0 Å². The fourth-order valence-corrected chi connectivity index (χ4v) is 1.89. The molecule has 1 fully saturated rings. The summed E-state index contributed by atoms with van der Waals surface area (Å²) in [5.41, 5.74) is 7.66. The molecule has 1 aliphatic heterocycles. The molecule has 1 saturated heterocycles. The third-order valence-electron chi connectivity index (χ3n) is 2.76. The number of nitrogens with zero attached hydrogens (tertiary/aromatic N) is 1. The molecule has 2 rings (SSSR count). The number of rotatable bonds is 3. The van der Waals surface area contributed by atoms with Crippen LogP contribution < -0.4 is 16.0 Å². The topological polar surface area (TPSA) is 58.4 Å². The van der Waals surface area contributed by atoms with E-state index in [1.54, 1.807) is 4.90 Å². The second kappa shape index (κ2) is 4.99. The molecule has 1 heterocycles. The fourth-order valence-electron chi connectivity index (χ4n) is 1.89. The summed E-state index contributed by atoms with van der Waals surface area (Å²) in [7, 11) is 0. The molecule has 4 nitrogen and oxygen atoms in total. The van der Waals surface area contributed by atoms with Crippen molar-refractivity contribution in [3.63, 3.8) is 0 Å². The van der Waals surface area contributed by atoms with E-state index >= 15 is 0 Å². The van der Waals surface area contributed by atoms with Crippen LogP contribution in [0, 0.1) is 0 Å². The van der Waals surface area contributed by atoms with Crippen LogP contribution in [0.3, 0.4) is 0 Å². The lowest BCUT2D eigenvalue weighted by molar-refractivity contribution is 0.243. The Morgan fingerprint density at radius 2 is 2.06 bits per heavy atom. The van der Waals surface area contributed by atoms with Gasteiger partial charge < -0.3 is 11.1 Å². The molecule has 0 radical (unpaired) electrons. The maximum Gasteiger partial charge on any atom is 0.321 e. The van der Waals surface area contributed by atoms with Gasteiger partial charge in [0, 0.05) is 18.8 Å². The van der Waals surface area contributed by atoms with Crippen LogP contribution in [-0.4, -0.2) is 25.7 Å². The van der Waals surface area contributed by atoms with E-state index in [9.17, 15) is 4.79 Å². The number of hydrogen-bond acceptors (Lipinski definition) is 2. The normalized spacial score (nSPS) is 16.1. The lowest BCUT2D eigenvalue weighted by Crippen LogP contribution is -2.46. The van der Waals surface area contributed by atoms with E-state index in [0.29, 0.717) is 6.54 Å². The molecule has 86 valence electrons. The van der Waals surface area contributed by atoms with Gasteiger partial charge in [0.05, 0.1) is 0 Å². The van der Waals surface area contributed by atoms with Crippen molar-refractivity contribution in [3.05, 3.63) is 29.8 Å². The van der Waals surface area contributed by atoms with Gasteiger partial charge in [-0.1, -0.05) is 12.1 Å². The average molecular weight is 219 g/mol. The monoisotopic (exact) mass is 219 g/mol. The maximum atomic E-state index is 11.6. The lowest BCUT2D eigenvalue weighted by atomic mass is 10.1. The molecular formula is C12H17N3O. The van der Waals surface area contributed by atoms with Gasteiger partial charge in [0.1, 0.15) is 0 Å². The molecule has 1 aromatic rings. The highest BCUT2D eigenvalue weighted by atomic mass is 16.2. The number of anilines is 1. The van der Waals surface area contributed by atoms with Crippen molar-refractivity contribution in [2.24, 2.45) is 5.73 Å². The van der Waals surface area contributed by atoms with Crippen LogP contribution in [0.4, 0.5) is 10.5 Å². The first-order chi connectivity index (χ1) is 7.81. The summed E-state index contributed by atoms with van der Waals surface area (Å²) in [4.78, 5) is 13.4. The third-order valence-corrected chi connectivity index (χ3v) is 2.76. The third kappa shape index (κ3) is 2.33. The molecule has 0 aromatic heterocycles. The summed E-state index contributed by atoms with van der Waals surface area (Å²) in [5, 5.41) is 2.84. The molecule has 3 N–H and O–H groups in total. The minimum Gasteiger partial charge on any atom is -0.338 e. The second-order valence-corrected chi connectivity index (χ2v) is 3.94. The number of nitrogens with one attached hydrogen (secondary N) is 1. The zero-order valence-corrected chi connectivity index (χ0v) is 9.28. The van der Waals surface area contributed by atoms with E-state index in [4.69, 9.17) is 5.73 Å². The van der Waals surface area contributed by atoms with Crippen molar-refractivity contribution >= 4 is 11.7 Å². The van der Waals surface area contributed by atoms with E-state index in [1.807, 2.05) is 24.3 Å². The quantitative estimate of drug-likeness (QED) is 0.800. The first kappa shape index (κ1) is 11.0. The molecule has 1 aromatic carbocycles. The van der Waals surface area contributed by atoms with E-state index < -0.39 is 0 Å². The van der Waals surface area contributed by atoms with Gasteiger partial charge in [-0.2, -0.15) is 0 Å². The van der Waals surface area contributed by atoms with Crippen LogP contribution in [0.2, 0.25) is 0 Å². The Bertz CT molecular complexity index is 361. The smallest absolute Gasteiger partial charge is 0.321 e. The molecule has 0 spiro atoms. The molecular weight excluding hydrogens is 202 g/mol. The Hall–Kier alpha value is -1.55. The summed E-state index contributed by atoms with van der Waals surface area (Å²) < 4.78 is 0. The SMILES string of the molecule is NCCc1ccc(N2CCCNC2=O)cc1. The Balaban J connectivity index is 2.11. The van der Waals surface area contributed by atoms with Gasteiger partial charge in [0.2, 0.25) is 0 Å². The van der Waals surface area contributed by atoms with Gasteiger partial charge >= 0.3 is 6.03 Å². The van der Waals surface area contributed by atoms with Crippen molar-refractivity contribution in [1.29, 1.82) is 0 Å². The van der Waals surface area contributed by atoms with Gasteiger partial charge in [-0.3, -0.25) is 4.90 Å². The number of amides is 2. The van der Waals surface area contributed by atoms with Crippen molar-refractivity contribution in [1.82, 2.24) is 5.32 Å². The van der Waals surface area contributed by atoms with Crippen LogP contribution >= 0.6 is 0 Å². The summed E-state index contributed by atoms with van der Waals surface area (Å²) in [6.07, 6.45) is 1.88. The van der Waals surface area contributed by atoms with Crippen molar-refractivity contribution < 1.29 is 4.79 Å². The minimum atomic E-state index is -0.00201. The summed E-state index contributed by atoms with van der Waals surface area (Å²) in [5.74, 6) is 0. The second-order valence-electron chi connectivity index (χ2n) is 3.94. The Morgan fingerprint density at radius 1 is 1.31 bits per heavy atom. The van der Waals surface area contributed by atoms with Crippen LogP contribution in [-0.2, 0) is 6.42 Å². The zero-order valence-electron chi connectivity index (χ0n) is 9.28. The number of urea groups is 1. The highest BCUT2D eigenvalue weighted by Crippen LogP contribution is 2.17. The molecule has 4 heteroatoms. The number of carbonyl (C=O) groups excluding carboxylic acids is 1. The van der Waals surface area contributed by atoms with Crippen molar-refractivity contribution in [3.8, 4) is 0 Å². The lowest BCUT2D eigenvalue weighted by Gasteiger charge is -2.27. The van der Waals surface area contributed by atoms with Crippen LogP contribution in [0.25, 0.3) is 0 Å². The summed E-state index contributed by atoms with van der Waals surface area (Å²) in [6.45, 7) is 2.23. The molecule has 0 saturated carbocycles. The zero-order chi connectivity index (χ0) is 11.4. The van der Waals surface area contributed by atoms with Crippen molar-refractivity contribution in [2.75, 3.05) is 24.5 Å². The van der Waals surface area contributed by atoms with Crippen LogP contribution in [0.15, 0.2) is 24.3 Å². The predicted octanol–water partition coefficient (Wildman–Crippen LogP) is 1.11. The van der Waals surface area contributed by atoms with Gasteiger partial charge in [-0.05, 0) is 37.1 Å². The highest BCUT2D eigenvalue weighted by Gasteiger charge is 2.18. The molecule has 0 unspecified atom stereocenters. The first-order valence-corrected chi connectivity index (χ1v) is 5.65. The predicted molar refractivity (Wildman–Crippen MR) is 64.6 cm³/mol. The Morgan fingerprint density at radius 3 is 2.69 bits per heavy atom. The standard InChI is InChI=1S/C12H17N3O/c13-7-6-10-2-4-11(5-3-10)15-9-1-8-14-12(15)16/h2-5H,1,6-9,13H2,(H,14,16). The summed E-state index contributed by atoms with van der Waals surface area (Å²) in [6, 6.07) is 8.03. The highest BCUT2D eigenvalue weighted by molar-refractivity contribution is 5.92. The maximum absolute atomic E-state index is 11.6. The first-order valence-electron chi connectivity index (χ1n) is 5.65. The average Bonchev–Trinajstić information content (AvgIpc) is 2.31. The van der Waals surface area contributed by atoms with Gasteiger partial charge in [0.15, 0.2) is 0 Å². The van der Waals surface area contributed by atoms with Gasteiger partial charge in [-0.15, -0.1) is 0 Å². The van der Waals surface area contributed by atoms with Gasteiger partial charge in [-0.25, -0.2) is 4.79 Å². The molecule has 0 atom stereocenters. The number of carbonyl (C=O) groups is 1. The van der Waals surface area contributed by atoms with Crippen molar-refractivity contribution in [2.45, 2.75) is 12.8 Å². The molecule has 0 bridgehead atoms.